The number of hydrogen-bond donors (Lipinski definition) is 0. The molecule has 1 aliphatic heterocycles. The first-order chi connectivity index (χ1) is 12.5. The molecule has 26 heavy (non-hydrogen) atoms. The SMILES string of the molecule is Cc1cc(N2C(=O)c3ccc(C(=O)[O-])cc3C2=O)n(-c2ccccc2)n1. The zero-order valence-electron chi connectivity index (χ0n) is 13.7. The topological polar surface area (TPSA) is 95.3 Å². The number of carboxylic acid groups (broad SMARTS) is 1. The molecule has 0 unspecified atom stereocenters. The molecule has 0 atom stereocenters. The number of carbonyl (C=O) groups is 3. The second-order valence-electron chi connectivity index (χ2n) is 5.88. The lowest BCUT2D eigenvalue weighted by Crippen LogP contribution is -2.31. The Labute approximate surface area is 148 Å². The molecular weight excluding hydrogens is 334 g/mol. The second-order valence-corrected chi connectivity index (χ2v) is 5.88. The van der Waals surface area contributed by atoms with Crippen LogP contribution in [0.4, 0.5) is 5.82 Å². The number of amides is 2. The van der Waals surface area contributed by atoms with Crippen LogP contribution in [0.1, 0.15) is 36.8 Å². The van der Waals surface area contributed by atoms with Gasteiger partial charge in [-0.25, -0.2) is 9.58 Å². The number of benzene rings is 2. The zero-order chi connectivity index (χ0) is 18.4. The lowest BCUT2D eigenvalue weighted by molar-refractivity contribution is -0.255. The molecule has 128 valence electrons. The van der Waals surface area contributed by atoms with E-state index >= 15 is 0 Å². The average Bonchev–Trinajstić information content (AvgIpc) is 3.13. The van der Waals surface area contributed by atoms with E-state index in [0.717, 1.165) is 4.90 Å². The van der Waals surface area contributed by atoms with Crippen LogP contribution in [0.5, 0.6) is 0 Å². The van der Waals surface area contributed by atoms with E-state index in [2.05, 4.69) is 5.10 Å². The number of hydrogen-bond acceptors (Lipinski definition) is 5. The van der Waals surface area contributed by atoms with Crippen LogP contribution in [0.25, 0.3) is 5.69 Å². The van der Waals surface area contributed by atoms with Crippen LogP contribution in [0.3, 0.4) is 0 Å². The van der Waals surface area contributed by atoms with Crippen molar-refractivity contribution in [3.63, 3.8) is 0 Å². The summed E-state index contributed by atoms with van der Waals surface area (Å²) >= 11 is 0. The second kappa shape index (κ2) is 5.66. The molecule has 1 aromatic heterocycles. The molecule has 0 bridgehead atoms. The Bertz CT molecular complexity index is 1070. The van der Waals surface area contributed by atoms with Gasteiger partial charge in [-0.2, -0.15) is 5.10 Å². The highest BCUT2D eigenvalue weighted by molar-refractivity contribution is 6.34. The summed E-state index contributed by atoms with van der Waals surface area (Å²) in [5, 5.41) is 15.4. The van der Waals surface area contributed by atoms with E-state index in [-0.39, 0.29) is 16.7 Å². The highest BCUT2D eigenvalue weighted by Gasteiger charge is 2.39. The maximum Gasteiger partial charge on any atom is 0.267 e. The van der Waals surface area contributed by atoms with Crippen molar-refractivity contribution >= 4 is 23.6 Å². The van der Waals surface area contributed by atoms with E-state index in [1.54, 1.807) is 13.0 Å². The van der Waals surface area contributed by atoms with Gasteiger partial charge in [-0.3, -0.25) is 9.59 Å². The Morgan fingerprint density at radius 2 is 1.65 bits per heavy atom. The molecule has 0 saturated carbocycles. The van der Waals surface area contributed by atoms with E-state index in [0.29, 0.717) is 17.2 Å². The summed E-state index contributed by atoms with van der Waals surface area (Å²) in [6, 6.07) is 14.5. The Kier molecular flexibility index (Phi) is 3.43. The van der Waals surface area contributed by atoms with Gasteiger partial charge in [0.15, 0.2) is 0 Å². The summed E-state index contributed by atoms with van der Waals surface area (Å²) < 4.78 is 1.51. The molecule has 1 aliphatic rings. The number of aromatic carboxylic acids is 1. The van der Waals surface area contributed by atoms with Crippen LogP contribution in [0, 0.1) is 6.92 Å². The first kappa shape index (κ1) is 15.8. The van der Waals surface area contributed by atoms with Gasteiger partial charge in [0.05, 0.1) is 28.5 Å². The fourth-order valence-corrected chi connectivity index (χ4v) is 2.98. The van der Waals surface area contributed by atoms with Gasteiger partial charge >= 0.3 is 0 Å². The molecule has 0 fully saturated rings. The van der Waals surface area contributed by atoms with Crippen molar-refractivity contribution in [2.45, 2.75) is 6.92 Å². The summed E-state index contributed by atoms with van der Waals surface area (Å²) in [6.07, 6.45) is 0. The number of aromatic nitrogens is 2. The molecule has 0 radical (unpaired) electrons. The van der Waals surface area contributed by atoms with Crippen molar-refractivity contribution in [1.29, 1.82) is 0 Å². The minimum atomic E-state index is -1.41. The predicted octanol–water partition coefficient (Wildman–Crippen LogP) is 1.34. The zero-order valence-corrected chi connectivity index (χ0v) is 13.7. The highest BCUT2D eigenvalue weighted by Crippen LogP contribution is 2.31. The van der Waals surface area contributed by atoms with Gasteiger partial charge in [0, 0.05) is 6.07 Å². The van der Waals surface area contributed by atoms with Crippen LogP contribution in [-0.4, -0.2) is 27.6 Å². The molecule has 3 aromatic rings. The smallest absolute Gasteiger partial charge is 0.267 e. The van der Waals surface area contributed by atoms with Crippen molar-refractivity contribution in [2.24, 2.45) is 0 Å². The van der Waals surface area contributed by atoms with Crippen molar-refractivity contribution in [1.82, 2.24) is 9.78 Å². The lowest BCUT2D eigenvalue weighted by atomic mass is 10.1. The maximum atomic E-state index is 12.8. The minimum Gasteiger partial charge on any atom is -0.545 e. The summed E-state index contributed by atoms with van der Waals surface area (Å²) in [6.45, 7) is 1.76. The molecular formula is C19H12N3O4-. The van der Waals surface area contributed by atoms with Crippen LogP contribution in [0.2, 0.25) is 0 Å². The van der Waals surface area contributed by atoms with Crippen molar-refractivity contribution in [3.05, 3.63) is 77.0 Å². The van der Waals surface area contributed by atoms with E-state index in [1.807, 2.05) is 30.3 Å². The van der Waals surface area contributed by atoms with Gasteiger partial charge in [-0.15, -0.1) is 0 Å². The largest absolute Gasteiger partial charge is 0.545 e. The number of anilines is 1. The Morgan fingerprint density at radius 1 is 0.962 bits per heavy atom. The molecule has 0 N–H and O–H groups in total. The number of fused-ring (bicyclic) bond motifs is 1. The van der Waals surface area contributed by atoms with Crippen LogP contribution < -0.4 is 10.0 Å². The van der Waals surface area contributed by atoms with Crippen LogP contribution in [-0.2, 0) is 0 Å². The van der Waals surface area contributed by atoms with Gasteiger partial charge in [0.2, 0.25) is 0 Å². The maximum absolute atomic E-state index is 12.8. The average molecular weight is 346 g/mol. The first-order valence-electron chi connectivity index (χ1n) is 7.83. The van der Waals surface area contributed by atoms with Gasteiger partial charge in [-0.1, -0.05) is 24.3 Å². The van der Waals surface area contributed by atoms with Crippen molar-refractivity contribution < 1.29 is 19.5 Å². The molecule has 0 spiro atoms. The van der Waals surface area contributed by atoms with E-state index < -0.39 is 17.8 Å². The third-order valence-electron chi connectivity index (χ3n) is 4.16. The fourth-order valence-electron chi connectivity index (χ4n) is 2.98. The molecule has 7 nitrogen and oxygen atoms in total. The van der Waals surface area contributed by atoms with E-state index in [1.165, 1.54) is 22.9 Å². The number of aryl methyl sites for hydroxylation is 1. The monoisotopic (exact) mass is 346 g/mol. The number of rotatable bonds is 3. The lowest BCUT2D eigenvalue weighted by Gasteiger charge is -2.15. The van der Waals surface area contributed by atoms with Crippen LogP contribution >= 0.6 is 0 Å². The number of para-hydroxylation sites is 1. The Hall–Kier alpha value is -3.74. The van der Waals surface area contributed by atoms with Gasteiger partial charge in [-0.05, 0) is 36.8 Å². The fraction of sp³-hybridized carbons (Fsp3) is 0.0526. The van der Waals surface area contributed by atoms with Gasteiger partial charge < -0.3 is 9.90 Å². The third kappa shape index (κ3) is 2.29. The molecule has 2 heterocycles. The predicted molar refractivity (Wildman–Crippen MR) is 90.2 cm³/mol. The van der Waals surface area contributed by atoms with Gasteiger partial charge in [0.1, 0.15) is 5.82 Å². The quantitative estimate of drug-likeness (QED) is 0.667. The summed E-state index contributed by atoms with van der Waals surface area (Å²) in [5.41, 5.74) is 1.37. The Balaban J connectivity index is 1.84. The summed E-state index contributed by atoms with van der Waals surface area (Å²) in [4.78, 5) is 37.7. The Morgan fingerprint density at radius 3 is 2.35 bits per heavy atom. The van der Waals surface area contributed by atoms with Crippen LogP contribution in [0.15, 0.2) is 54.6 Å². The number of carboxylic acids is 1. The standard InChI is InChI=1S/C19H13N3O4/c1-11-9-16(22(20-11)13-5-3-2-4-6-13)21-17(23)14-8-7-12(19(25)26)10-15(14)18(21)24/h2-10H,1H3,(H,25,26)/p-1. The van der Waals surface area contributed by atoms with E-state index in [9.17, 15) is 19.5 Å². The molecule has 2 amide bonds. The molecule has 4 rings (SSSR count). The number of nitrogens with zero attached hydrogens (tertiary/aromatic N) is 3. The van der Waals surface area contributed by atoms with Crippen molar-refractivity contribution in [3.8, 4) is 5.69 Å². The summed E-state index contributed by atoms with van der Waals surface area (Å²) in [5.74, 6) is -2.22. The molecule has 0 aliphatic carbocycles. The summed E-state index contributed by atoms with van der Waals surface area (Å²) in [7, 11) is 0. The van der Waals surface area contributed by atoms with E-state index in [4.69, 9.17) is 0 Å². The van der Waals surface area contributed by atoms with Crippen molar-refractivity contribution in [2.75, 3.05) is 4.90 Å². The first-order valence-corrected chi connectivity index (χ1v) is 7.83. The molecule has 7 heteroatoms. The van der Waals surface area contributed by atoms with Gasteiger partial charge in [0.25, 0.3) is 11.8 Å². The molecule has 2 aromatic carbocycles. The minimum absolute atomic E-state index is 0.0372. The highest BCUT2D eigenvalue weighted by atomic mass is 16.4. The molecule has 0 saturated heterocycles. The third-order valence-corrected chi connectivity index (χ3v) is 4.16. The number of carbonyl (C=O) groups excluding carboxylic acids is 3. The normalized spacial score (nSPS) is 13.2. The number of imide groups is 1.